The van der Waals surface area contributed by atoms with E-state index in [0.717, 1.165) is 37.0 Å². The molecule has 28 heavy (non-hydrogen) atoms. The van der Waals surface area contributed by atoms with Crippen molar-refractivity contribution < 1.29 is 9.84 Å². The molecule has 0 unspecified atom stereocenters. The Morgan fingerprint density at radius 1 is 1.04 bits per heavy atom. The molecule has 0 spiro atoms. The Kier molecular flexibility index (Phi) is 5.77. The van der Waals surface area contributed by atoms with Crippen molar-refractivity contribution in [1.82, 2.24) is 0 Å². The molecule has 0 saturated heterocycles. The summed E-state index contributed by atoms with van der Waals surface area (Å²) in [5.41, 5.74) is 0.846. The number of aliphatic hydroxyl groups excluding tert-OH is 1. The molecule has 0 radical (unpaired) electrons. The zero-order valence-corrected chi connectivity index (χ0v) is 19.0. The van der Waals surface area contributed by atoms with Gasteiger partial charge < -0.3 is 9.84 Å². The largest absolute Gasteiger partial charge is 0.393 e. The lowest BCUT2D eigenvalue weighted by molar-refractivity contribution is -0.175. The van der Waals surface area contributed by atoms with Crippen LogP contribution in [0.3, 0.4) is 0 Å². The molecule has 10 atom stereocenters. The average molecular weight is 389 g/mol. The molecular formula is C26H44O2. The number of fused-ring (bicyclic) bond motifs is 5. The smallest absolute Gasteiger partial charge is 0.0577 e. The molecule has 1 N–H and O–H groups in total. The number of ether oxygens (including phenoxy) is 1. The molecular weight excluding hydrogens is 344 g/mol. The summed E-state index contributed by atoms with van der Waals surface area (Å²) < 4.78 is 5.73. The third kappa shape index (κ3) is 3.13. The maximum Gasteiger partial charge on any atom is 0.0577 e. The van der Waals surface area contributed by atoms with Crippen LogP contribution in [-0.2, 0) is 4.74 Å². The van der Waals surface area contributed by atoms with Gasteiger partial charge in [0.25, 0.3) is 0 Å². The van der Waals surface area contributed by atoms with Gasteiger partial charge in [-0.15, -0.1) is 0 Å². The number of hydrogen-bond donors (Lipinski definition) is 1. The molecule has 4 aliphatic rings. The Morgan fingerprint density at radius 3 is 2.46 bits per heavy atom. The SMILES string of the molecule is CC/C=C/[C@@H](C)[C@H]1CC[C@H]2[C@@H]3[C@H](O)C[C@@H]4C[C@H](OC)CC[C@]4(C)[C@H]3CC[C@]12C. The average Bonchev–Trinajstić information content (AvgIpc) is 3.03. The Bertz CT molecular complexity index is 585. The predicted molar refractivity (Wildman–Crippen MR) is 116 cm³/mol. The Balaban J connectivity index is 1.58. The molecule has 4 saturated carbocycles. The lowest BCUT2D eigenvalue weighted by Gasteiger charge is -2.62. The minimum absolute atomic E-state index is 0.0939. The van der Waals surface area contributed by atoms with Crippen molar-refractivity contribution in [3.8, 4) is 0 Å². The lowest BCUT2D eigenvalue weighted by Crippen LogP contribution is -2.58. The summed E-state index contributed by atoms with van der Waals surface area (Å²) in [6, 6.07) is 0. The van der Waals surface area contributed by atoms with Gasteiger partial charge in [0.2, 0.25) is 0 Å². The van der Waals surface area contributed by atoms with Crippen LogP contribution < -0.4 is 0 Å². The van der Waals surface area contributed by atoms with Crippen LogP contribution in [0.2, 0.25) is 0 Å². The van der Waals surface area contributed by atoms with Crippen molar-refractivity contribution in [1.29, 1.82) is 0 Å². The molecule has 0 heterocycles. The lowest BCUT2D eigenvalue weighted by atomic mass is 9.43. The first-order valence-electron chi connectivity index (χ1n) is 12.2. The van der Waals surface area contributed by atoms with E-state index in [1.807, 2.05) is 7.11 Å². The van der Waals surface area contributed by atoms with Crippen molar-refractivity contribution in [2.75, 3.05) is 7.11 Å². The predicted octanol–water partition coefficient (Wildman–Crippen LogP) is 6.23. The molecule has 4 aliphatic carbocycles. The topological polar surface area (TPSA) is 29.5 Å². The second-order valence-electron chi connectivity index (χ2n) is 11.4. The number of rotatable bonds is 4. The number of hydrogen-bond acceptors (Lipinski definition) is 2. The van der Waals surface area contributed by atoms with Gasteiger partial charge in [-0.3, -0.25) is 0 Å². The highest BCUT2D eigenvalue weighted by Gasteiger charge is 2.62. The third-order valence-electron chi connectivity index (χ3n) is 10.4. The zero-order valence-electron chi connectivity index (χ0n) is 19.0. The highest BCUT2D eigenvalue weighted by atomic mass is 16.5. The monoisotopic (exact) mass is 388 g/mol. The zero-order chi connectivity index (χ0) is 20.1. The van der Waals surface area contributed by atoms with Crippen LogP contribution in [0.15, 0.2) is 12.2 Å². The van der Waals surface area contributed by atoms with Crippen molar-refractivity contribution >= 4 is 0 Å². The van der Waals surface area contributed by atoms with Crippen LogP contribution in [0.4, 0.5) is 0 Å². The van der Waals surface area contributed by atoms with Crippen molar-refractivity contribution in [2.45, 2.75) is 97.7 Å². The van der Waals surface area contributed by atoms with E-state index in [0.29, 0.717) is 34.7 Å². The van der Waals surface area contributed by atoms with Crippen LogP contribution in [0.25, 0.3) is 0 Å². The molecule has 0 aromatic heterocycles. The van der Waals surface area contributed by atoms with Crippen LogP contribution in [0.1, 0.15) is 85.5 Å². The molecule has 2 heteroatoms. The molecule has 0 aliphatic heterocycles. The molecule has 0 aromatic rings. The third-order valence-corrected chi connectivity index (χ3v) is 10.4. The molecule has 4 rings (SSSR count). The highest BCUT2D eigenvalue weighted by molar-refractivity contribution is 5.12. The standard InChI is InChI=1S/C26H44O2/c1-6-7-8-17(2)20-9-10-21-24-22(12-14-26(20,21)4)25(3)13-11-19(28-5)15-18(25)16-23(24)27/h7-8,17-24,27H,6,9-16H2,1-5H3/b8-7+/t17-,18+,19-,20-,21+,22+,23-,24+,25+,26-/m1/s1. The number of methoxy groups -OCH3 is 1. The van der Waals surface area contributed by atoms with Gasteiger partial charge in [-0.1, -0.05) is 39.8 Å². The number of aliphatic hydroxyl groups is 1. The van der Waals surface area contributed by atoms with Gasteiger partial charge in [0, 0.05) is 7.11 Å². The van der Waals surface area contributed by atoms with Gasteiger partial charge in [-0.25, -0.2) is 0 Å². The summed E-state index contributed by atoms with van der Waals surface area (Å²) in [6.07, 6.45) is 16.4. The first kappa shape index (κ1) is 20.9. The van der Waals surface area contributed by atoms with Crippen LogP contribution in [0, 0.1) is 46.3 Å². The van der Waals surface area contributed by atoms with Gasteiger partial charge >= 0.3 is 0 Å². The van der Waals surface area contributed by atoms with E-state index in [-0.39, 0.29) is 6.10 Å². The van der Waals surface area contributed by atoms with Crippen molar-refractivity contribution in [3.63, 3.8) is 0 Å². The Labute approximate surface area is 173 Å². The second-order valence-corrected chi connectivity index (χ2v) is 11.4. The van der Waals surface area contributed by atoms with Gasteiger partial charge in [0.05, 0.1) is 12.2 Å². The van der Waals surface area contributed by atoms with Gasteiger partial charge in [-0.05, 0) is 104 Å². The van der Waals surface area contributed by atoms with Crippen LogP contribution >= 0.6 is 0 Å². The minimum Gasteiger partial charge on any atom is -0.393 e. The van der Waals surface area contributed by atoms with Gasteiger partial charge in [-0.2, -0.15) is 0 Å². The maximum atomic E-state index is 11.4. The highest BCUT2D eigenvalue weighted by Crippen LogP contribution is 2.68. The summed E-state index contributed by atoms with van der Waals surface area (Å²) in [5.74, 6) is 4.09. The summed E-state index contributed by atoms with van der Waals surface area (Å²) in [5, 5.41) is 11.4. The molecule has 2 nitrogen and oxygen atoms in total. The van der Waals surface area contributed by atoms with Crippen molar-refractivity contribution in [2.24, 2.45) is 46.3 Å². The molecule has 160 valence electrons. The summed E-state index contributed by atoms with van der Waals surface area (Å²) >= 11 is 0. The van der Waals surface area contributed by atoms with E-state index >= 15 is 0 Å². The minimum atomic E-state index is -0.0939. The van der Waals surface area contributed by atoms with Gasteiger partial charge in [0.15, 0.2) is 0 Å². The van der Waals surface area contributed by atoms with Crippen molar-refractivity contribution in [3.05, 3.63) is 12.2 Å². The van der Waals surface area contributed by atoms with E-state index in [4.69, 9.17) is 4.74 Å². The van der Waals surface area contributed by atoms with E-state index in [2.05, 4.69) is 39.8 Å². The normalized spacial score (nSPS) is 52.1. The van der Waals surface area contributed by atoms with E-state index in [1.54, 1.807) is 0 Å². The maximum absolute atomic E-state index is 11.4. The molecule has 0 aromatic carbocycles. The van der Waals surface area contributed by atoms with Crippen LogP contribution in [0.5, 0.6) is 0 Å². The summed E-state index contributed by atoms with van der Waals surface area (Å²) in [7, 11) is 1.87. The van der Waals surface area contributed by atoms with Gasteiger partial charge in [0.1, 0.15) is 0 Å². The quantitative estimate of drug-likeness (QED) is 0.578. The van der Waals surface area contributed by atoms with E-state index < -0.39 is 0 Å². The first-order chi connectivity index (χ1) is 13.3. The Morgan fingerprint density at radius 2 is 1.75 bits per heavy atom. The fourth-order valence-corrected chi connectivity index (χ4v) is 8.79. The number of allylic oxidation sites excluding steroid dienone is 2. The van der Waals surface area contributed by atoms with Crippen LogP contribution in [-0.4, -0.2) is 24.4 Å². The van der Waals surface area contributed by atoms with E-state index in [9.17, 15) is 5.11 Å². The Hall–Kier alpha value is -0.340. The fourth-order valence-electron chi connectivity index (χ4n) is 8.79. The summed E-state index contributed by atoms with van der Waals surface area (Å²) in [4.78, 5) is 0. The second kappa shape index (κ2) is 7.73. The molecule has 4 fully saturated rings. The first-order valence-corrected chi connectivity index (χ1v) is 12.2. The fraction of sp³-hybridized carbons (Fsp3) is 0.923. The molecule has 0 amide bonds. The summed E-state index contributed by atoms with van der Waals surface area (Å²) in [6.45, 7) is 9.85. The molecule has 0 bridgehead atoms. The van der Waals surface area contributed by atoms with E-state index in [1.165, 1.54) is 38.5 Å².